The average molecular weight is 218 g/mol. The third-order valence-electron chi connectivity index (χ3n) is 3.85. The molecule has 2 nitrogen and oxygen atoms in total. The van der Waals surface area contributed by atoms with Gasteiger partial charge in [0.2, 0.25) is 0 Å². The second-order valence-corrected chi connectivity index (χ2v) is 5.47. The summed E-state index contributed by atoms with van der Waals surface area (Å²) < 4.78 is 0. The number of carbonyl (C=O) groups is 1. The Morgan fingerprint density at radius 3 is 2.38 bits per heavy atom. The summed E-state index contributed by atoms with van der Waals surface area (Å²) in [5, 5.41) is 9.17. The van der Waals surface area contributed by atoms with Crippen LogP contribution in [0.25, 0.3) is 0 Å². The number of hydrogen-bond donors (Lipinski definition) is 1. The van der Waals surface area contributed by atoms with Crippen LogP contribution in [0.3, 0.4) is 0 Å². The Hall–Kier alpha value is -1.31. The second kappa shape index (κ2) is 3.34. The van der Waals surface area contributed by atoms with Crippen LogP contribution in [0.5, 0.6) is 0 Å². The highest BCUT2D eigenvalue weighted by molar-refractivity contribution is 5.77. The maximum Gasteiger partial charge on any atom is 0.307 e. The number of rotatable bonds is 2. The van der Waals surface area contributed by atoms with Crippen molar-refractivity contribution in [3.63, 3.8) is 0 Å². The van der Waals surface area contributed by atoms with Crippen LogP contribution < -0.4 is 0 Å². The molecule has 0 spiro atoms. The second-order valence-electron chi connectivity index (χ2n) is 5.47. The average Bonchev–Trinajstić information content (AvgIpc) is 2.69. The summed E-state index contributed by atoms with van der Waals surface area (Å²) in [7, 11) is 0. The topological polar surface area (TPSA) is 37.3 Å². The molecule has 2 atom stereocenters. The fraction of sp³-hybridized carbons (Fsp3) is 0.500. The first kappa shape index (κ1) is 11.2. The standard InChI is InChI=1S/C14H18O2/c1-8-5-6-10(9(2)7-8)11-12(13(15)16)14(11,3)4/h5-7,11-12H,1-4H3,(H,15,16)/t11-,12+/m1/s1. The Kier molecular flexibility index (Phi) is 2.33. The first-order chi connectivity index (χ1) is 7.35. The van der Waals surface area contributed by atoms with Crippen molar-refractivity contribution in [3.8, 4) is 0 Å². The molecule has 1 aliphatic rings. The summed E-state index contributed by atoms with van der Waals surface area (Å²) in [6, 6.07) is 6.28. The van der Waals surface area contributed by atoms with Gasteiger partial charge in [-0.3, -0.25) is 4.79 Å². The van der Waals surface area contributed by atoms with E-state index >= 15 is 0 Å². The van der Waals surface area contributed by atoms with Crippen molar-refractivity contribution < 1.29 is 9.90 Å². The van der Waals surface area contributed by atoms with E-state index in [-0.39, 0.29) is 17.3 Å². The van der Waals surface area contributed by atoms with Gasteiger partial charge >= 0.3 is 5.97 Å². The summed E-state index contributed by atoms with van der Waals surface area (Å²) >= 11 is 0. The molecular formula is C14H18O2. The minimum Gasteiger partial charge on any atom is -0.481 e. The molecule has 16 heavy (non-hydrogen) atoms. The molecule has 0 unspecified atom stereocenters. The number of aryl methyl sites for hydroxylation is 2. The Morgan fingerprint density at radius 1 is 1.31 bits per heavy atom. The summed E-state index contributed by atoms with van der Waals surface area (Å²) in [5.41, 5.74) is 3.53. The Morgan fingerprint density at radius 2 is 1.94 bits per heavy atom. The lowest BCUT2D eigenvalue weighted by molar-refractivity contribution is -0.139. The Balaban J connectivity index is 2.37. The van der Waals surface area contributed by atoms with Gasteiger partial charge in [0.05, 0.1) is 5.92 Å². The van der Waals surface area contributed by atoms with Crippen LogP contribution in [0.1, 0.15) is 36.5 Å². The first-order valence-corrected chi connectivity index (χ1v) is 5.65. The van der Waals surface area contributed by atoms with Gasteiger partial charge in [-0.15, -0.1) is 0 Å². The molecule has 2 rings (SSSR count). The quantitative estimate of drug-likeness (QED) is 0.828. The number of hydrogen-bond acceptors (Lipinski definition) is 1. The predicted molar refractivity (Wildman–Crippen MR) is 63.6 cm³/mol. The lowest BCUT2D eigenvalue weighted by atomic mass is 9.97. The molecule has 0 saturated heterocycles. The maximum absolute atomic E-state index is 11.1. The number of aliphatic carboxylic acids is 1. The van der Waals surface area contributed by atoms with E-state index in [0.29, 0.717) is 0 Å². The SMILES string of the molecule is Cc1ccc([C@@H]2[C@@H](C(=O)O)C2(C)C)c(C)c1. The van der Waals surface area contributed by atoms with Crippen LogP contribution in [-0.4, -0.2) is 11.1 Å². The molecule has 0 heterocycles. The van der Waals surface area contributed by atoms with Gasteiger partial charge in [-0.1, -0.05) is 37.6 Å². The zero-order chi connectivity index (χ0) is 12.1. The van der Waals surface area contributed by atoms with E-state index in [0.717, 1.165) is 0 Å². The normalized spacial score (nSPS) is 26.5. The van der Waals surface area contributed by atoms with E-state index in [4.69, 9.17) is 5.11 Å². The van der Waals surface area contributed by atoms with E-state index in [2.05, 4.69) is 32.0 Å². The molecule has 0 aromatic heterocycles. The summed E-state index contributed by atoms with van der Waals surface area (Å²) in [6.07, 6.45) is 0. The Labute approximate surface area is 96.3 Å². The summed E-state index contributed by atoms with van der Waals surface area (Å²) in [6.45, 7) is 8.20. The van der Waals surface area contributed by atoms with Gasteiger partial charge in [0.25, 0.3) is 0 Å². The van der Waals surface area contributed by atoms with Crippen LogP contribution in [0.4, 0.5) is 0 Å². The maximum atomic E-state index is 11.1. The van der Waals surface area contributed by atoms with E-state index in [9.17, 15) is 4.79 Å². The molecule has 0 amide bonds. The fourth-order valence-corrected chi connectivity index (χ4v) is 2.85. The summed E-state index contributed by atoms with van der Waals surface area (Å²) in [5.74, 6) is -0.727. The number of benzene rings is 1. The van der Waals surface area contributed by atoms with Gasteiger partial charge in [0.15, 0.2) is 0 Å². The molecule has 0 aliphatic heterocycles. The number of carboxylic acid groups (broad SMARTS) is 1. The fourth-order valence-electron chi connectivity index (χ4n) is 2.85. The zero-order valence-electron chi connectivity index (χ0n) is 10.2. The minimum absolute atomic E-state index is 0.105. The van der Waals surface area contributed by atoms with Crippen molar-refractivity contribution in [2.45, 2.75) is 33.6 Å². The highest BCUT2D eigenvalue weighted by atomic mass is 16.4. The van der Waals surface area contributed by atoms with Gasteiger partial charge in [-0.05, 0) is 30.4 Å². The first-order valence-electron chi connectivity index (χ1n) is 5.65. The third kappa shape index (κ3) is 1.53. The van der Waals surface area contributed by atoms with Crippen molar-refractivity contribution in [1.82, 2.24) is 0 Å². The largest absolute Gasteiger partial charge is 0.481 e. The Bertz CT molecular complexity index is 446. The highest BCUT2D eigenvalue weighted by Crippen LogP contribution is 2.64. The van der Waals surface area contributed by atoms with E-state index in [1.54, 1.807) is 0 Å². The zero-order valence-corrected chi connectivity index (χ0v) is 10.2. The van der Waals surface area contributed by atoms with E-state index in [1.165, 1.54) is 16.7 Å². The molecular weight excluding hydrogens is 200 g/mol. The molecule has 0 bridgehead atoms. The van der Waals surface area contributed by atoms with E-state index in [1.807, 2.05) is 13.8 Å². The molecule has 1 aromatic carbocycles. The van der Waals surface area contributed by atoms with Gasteiger partial charge in [0, 0.05) is 5.92 Å². The highest BCUT2D eigenvalue weighted by Gasteiger charge is 2.62. The van der Waals surface area contributed by atoms with Gasteiger partial charge < -0.3 is 5.11 Å². The molecule has 2 heteroatoms. The molecule has 1 saturated carbocycles. The van der Waals surface area contributed by atoms with Crippen LogP contribution in [-0.2, 0) is 4.79 Å². The van der Waals surface area contributed by atoms with Gasteiger partial charge in [-0.25, -0.2) is 0 Å². The van der Waals surface area contributed by atoms with Crippen LogP contribution >= 0.6 is 0 Å². The van der Waals surface area contributed by atoms with Crippen molar-refractivity contribution >= 4 is 5.97 Å². The minimum atomic E-state index is -0.671. The third-order valence-corrected chi connectivity index (χ3v) is 3.85. The van der Waals surface area contributed by atoms with Crippen molar-refractivity contribution in [3.05, 3.63) is 34.9 Å². The molecule has 1 N–H and O–H groups in total. The predicted octanol–water partition coefficient (Wildman–Crippen LogP) is 3.13. The van der Waals surface area contributed by atoms with E-state index < -0.39 is 5.97 Å². The lowest BCUT2D eigenvalue weighted by Crippen LogP contribution is -2.03. The monoisotopic (exact) mass is 218 g/mol. The van der Waals surface area contributed by atoms with Gasteiger partial charge in [-0.2, -0.15) is 0 Å². The summed E-state index contributed by atoms with van der Waals surface area (Å²) in [4.78, 5) is 11.1. The van der Waals surface area contributed by atoms with Crippen LogP contribution in [0.2, 0.25) is 0 Å². The molecule has 1 fully saturated rings. The lowest BCUT2D eigenvalue weighted by Gasteiger charge is -2.07. The molecule has 1 aliphatic carbocycles. The molecule has 0 radical (unpaired) electrons. The van der Waals surface area contributed by atoms with Crippen molar-refractivity contribution in [2.24, 2.45) is 11.3 Å². The number of carboxylic acids is 1. The van der Waals surface area contributed by atoms with Crippen LogP contribution in [0.15, 0.2) is 18.2 Å². The van der Waals surface area contributed by atoms with Crippen LogP contribution in [0, 0.1) is 25.2 Å². The van der Waals surface area contributed by atoms with Crippen molar-refractivity contribution in [2.75, 3.05) is 0 Å². The van der Waals surface area contributed by atoms with Gasteiger partial charge in [0.1, 0.15) is 0 Å². The molecule has 1 aromatic rings. The smallest absolute Gasteiger partial charge is 0.307 e. The molecule has 86 valence electrons. The van der Waals surface area contributed by atoms with Crippen molar-refractivity contribution in [1.29, 1.82) is 0 Å².